The van der Waals surface area contributed by atoms with Gasteiger partial charge >= 0.3 is 0 Å². The zero-order valence-electron chi connectivity index (χ0n) is 21.7. The van der Waals surface area contributed by atoms with E-state index in [2.05, 4.69) is 27.5 Å². The summed E-state index contributed by atoms with van der Waals surface area (Å²) in [4.78, 5) is 12.2. The molecule has 0 amide bonds. The smallest absolute Gasteiger partial charge is 0.213 e. The topological polar surface area (TPSA) is 52.4 Å². The van der Waals surface area contributed by atoms with Crippen LogP contribution in [-0.2, 0) is 24.4 Å². The summed E-state index contributed by atoms with van der Waals surface area (Å²) in [5.41, 5.74) is 4.35. The van der Waals surface area contributed by atoms with Crippen molar-refractivity contribution in [3.8, 4) is 18.2 Å². The predicted molar refractivity (Wildman–Crippen MR) is 149 cm³/mol. The van der Waals surface area contributed by atoms with E-state index in [9.17, 15) is 4.39 Å². The van der Waals surface area contributed by atoms with Crippen molar-refractivity contribution in [3.05, 3.63) is 88.1 Å². The lowest BCUT2D eigenvalue weighted by molar-refractivity contribution is -0.0592. The third-order valence-corrected chi connectivity index (χ3v) is 7.92. The molecule has 2 aliphatic rings. The van der Waals surface area contributed by atoms with Gasteiger partial charge in [0.05, 0.1) is 30.2 Å². The molecule has 2 fully saturated rings. The van der Waals surface area contributed by atoms with Crippen molar-refractivity contribution in [2.45, 2.75) is 51.0 Å². The number of aromatic nitrogens is 3. The van der Waals surface area contributed by atoms with Crippen LogP contribution in [0.4, 0.5) is 4.39 Å². The third kappa shape index (κ3) is 5.79. The van der Waals surface area contributed by atoms with Crippen LogP contribution >= 0.6 is 11.6 Å². The van der Waals surface area contributed by atoms with E-state index in [0.717, 1.165) is 80.2 Å². The Morgan fingerprint density at radius 1 is 1.08 bits per heavy atom. The van der Waals surface area contributed by atoms with Gasteiger partial charge in [0.25, 0.3) is 0 Å². The van der Waals surface area contributed by atoms with Crippen molar-refractivity contribution in [2.75, 3.05) is 19.7 Å². The Labute approximate surface area is 232 Å². The van der Waals surface area contributed by atoms with Crippen molar-refractivity contribution >= 4 is 22.6 Å². The van der Waals surface area contributed by atoms with Gasteiger partial charge in [-0.1, -0.05) is 29.7 Å². The molecule has 2 aliphatic heterocycles. The molecule has 0 saturated carbocycles. The summed E-state index contributed by atoms with van der Waals surface area (Å²) >= 11 is 5.85. The van der Waals surface area contributed by atoms with E-state index in [1.807, 2.05) is 24.3 Å². The summed E-state index contributed by atoms with van der Waals surface area (Å²) in [6.07, 6.45) is 8.94. The molecular formula is C31H30ClFN4O2. The van der Waals surface area contributed by atoms with Crippen molar-refractivity contribution in [1.82, 2.24) is 19.4 Å². The molecule has 4 heterocycles. The van der Waals surface area contributed by atoms with Crippen LogP contribution in [0.2, 0.25) is 5.02 Å². The number of hydrogen-bond acceptors (Lipinski definition) is 5. The third-order valence-electron chi connectivity index (χ3n) is 7.68. The molecule has 2 aromatic heterocycles. The van der Waals surface area contributed by atoms with E-state index in [1.165, 1.54) is 6.07 Å². The first-order valence-electron chi connectivity index (χ1n) is 13.4. The van der Waals surface area contributed by atoms with Gasteiger partial charge in [0.1, 0.15) is 18.2 Å². The Morgan fingerprint density at radius 3 is 2.67 bits per heavy atom. The van der Waals surface area contributed by atoms with Gasteiger partial charge in [-0.05, 0) is 68.8 Å². The first-order chi connectivity index (χ1) is 19.1. The molecule has 0 aliphatic carbocycles. The fourth-order valence-corrected chi connectivity index (χ4v) is 5.50. The molecule has 0 N–H and O–H groups in total. The van der Waals surface area contributed by atoms with Crippen LogP contribution in [0, 0.1) is 18.2 Å². The average molecular weight is 545 g/mol. The molecule has 1 atom stereocenters. The van der Waals surface area contributed by atoms with Crippen molar-refractivity contribution in [1.29, 1.82) is 0 Å². The van der Waals surface area contributed by atoms with E-state index < -0.39 is 0 Å². The predicted octanol–water partition coefficient (Wildman–Crippen LogP) is 5.95. The number of halogens is 2. The minimum absolute atomic E-state index is 0.105. The molecular weight excluding hydrogens is 515 g/mol. The maximum absolute atomic E-state index is 14.1. The summed E-state index contributed by atoms with van der Waals surface area (Å²) < 4.78 is 28.0. The highest BCUT2D eigenvalue weighted by molar-refractivity contribution is 6.30. The van der Waals surface area contributed by atoms with Crippen LogP contribution in [0.25, 0.3) is 11.0 Å². The van der Waals surface area contributed by atoms with Crippen molar-refractivity contribution in [2.24, 2.45) is 0 Å². The van der Waals surface area contributed by atoms with Crippen molar-refractivity contribution in [3.63, 3.8) is 0 Å². The largest absolute Gasteiger partial charge is 0.473 e. The van der Waals surface area contributed by atoms with E-state index in [0.29, 0.717) is 22.4 Å². The highest BCUT2D eigenvalue weighted by Crippen LogP contribution is 2.30. The maximum Gasteiger partial charge on any atom is 0.213 e. The summed E-state index contributed by atoms with van der Waals surface area (Å²) in [6, 6.07) is 16.5. The van der Waals surface area contributed by atoms with Crippen LogP contribution in [0.15, 0.2) is 54.6 Å². The summed E-state index contributed by atoms with van der Waals surface area (Å²) in [6.45, 7) is 4.43. The number of hydrogen-bond donors (Lipinski definition) is 0. The Hall–Kier alpha value is -3.44. The second-order valence-electron chi connectivity index (χ2n) is 10.2. The van der Waals surface area contributed by atoms with E-state index in [1.54, 1.807) is 12.1 Å². The number of terminal acetylenes is 1. The number of rotatable bonds is 8. The number of piperidine rings is 1. The Morgan fingerprint density at radius 2 is 1.92 bits per heavy atom. The number of likely N-dealkylation sites (tertiary alicyclic amines) is 1. The first kappa shape index (κ1) is 25.8. The van der Waals surface area contributed by atoms with Gasteiger partial charge in [-0.25, -0.2) is 14.4 Å². The summed E-state index contributed by atoms with van der Waals surface area (Å²) in [5, 5.41) is 0.366. The van der Waals surface area contributed by atoms with Gasteiger partial charge in [0.2, 0.25) is 5.88 Å². The lowest BCUT2D eigenvalue weighted by Gasteiger charge is -2.32. The first-order valence-corrected chi connectivity index (χ1v) is 13.8. The average Bonchev–Trinajstić information content (AvgIpc) is 3.26. The summed E-state index contributed by atoms with van der Waals surface area (Å²) in [5.74, 6) is 4.24. The molecule has 2 saturated heterocycles. The minimum atomic E-state index is -0.378. The molecule has 200 valence electrons. The molecule has 1 unspecified atom stereocenters. The van der Waals surface area contributed by atoms with Crippen LogP contribution in [0.5, 0.6) is 5.88 Å². The van der Waals surface area contributed by atoms with Crippen LogP contribution in [-0.4, -0.2) is 45.2 Å². The second-order valence-corrected chi connectivity index (χ2v) is 10.7. The monoisotopic (exact) mass is 544 g/mol. The fourth-order valence-electron chi connectivity index (χ4n) is 5.34. The molecule has 6 rings (SSSR count). The molecule has 0 spiro atoms. The number of ether oxygens (including phenoxy) is 2. The molecule has 0 radical (unpaired) electrons. The van der Waals surface area contributed by atoms with Gasteiger partial charge in [-0.3, -0.25) is 4.90 Å². The highest BCUT2D eigenvalue weighted by atomic mass is 35.5. The number of imidazole rings is 1. The minimum Gasteiger partial charge on any atom is -0.473 e. The van der Waals surface area contributed by atoms with Crippen LogP contribution in [0.3, 0.4) is 0 Å². The van der Waals surface area contributed by atoms with Gasteiger partial charge < -0.3 is 14.0 Å². The van der Waals surface area contributed by atoms with E-state index in [4.69, 9.17) is 37.5 Å². The Bertz CT molecular complexity index is 1520. The normalized spacial score (nSPS) is 18.1. The molecule has 4 aromatic rings. The zero-order valence-corrected chi connectivity index (χ0v) is 22.4. The van der Waals surface area contributed by atoms with Crippen LogP contribution in [0.1, 0.15) is 47.8 Å². The van der Waals surface area contributed by atoms with Gasteiger partial charge in [-0.2, -0.15) is 0 Å². The van der Waals surface area contributed by atoms with E-state index >= 15 is 0 Å². The number of fused-ring (bicyclic) bond motifs is 1. The van der Waals surface area contributed by atoms with Gasteiger partial charge in [0, 0.05) is 40.4 Å². The number of pyridine rings is 1. The van der Waals surface area contributed by atoms with Gasteiger partial charge in [0.15, 0.2) is 0 Å². The fraction of sp³-hybridized carbons (Fsp3) is 0.355. The molecule has 2 aromatic carbocycles. The molecule has 39 heavy (non-hydrogen) atoms. The van der Waals surface area contributed by atoms with Crippen molar-refractivity contribution < 1.29 is 13.9 Å². The van der Waals surface area contributed by atoms with Crippen LogP contribution < -0.4 is 4.74 Å². The second kappa shape index (κ2) is 11.4. The van der Waals surface area contributed by atoms with E-state index in [-0.39, 0.29) is 18.5 Å². The zero-order chi connectivity index (χ0) is 26.8. The maximum atomic E-state index is 14.1. The standard InChI is InChI=1S/C31H30ClFN4O2/c1-2-21-6-9-29-28(16-21)34-30(37(29)18-25-12-15-38-25)19-36-13-10-22(11-14-36)27-4-3-5-31(35-27)39-20-23-7-8-24(32)17-26(23)33/h1,3-9,16-17,22,25H,10-15,18-20H2. The highest BCUT2D eigenvalue weighted by Gasteiger charge is 2.26. The summed E-state index contributed by atoms with van der Waals surface area (Å²) in [7, 11) is 0. The lowest BCUT2D eigenvalue weighted by Crippen LogP contribution is -2.35. The number of benzene rings is 2. The number of nitrogens with zero attached hydrogens (tertiary/aromatic N) is 4. The molecule has 0 bridgehead atoms. The molecule has 8 heteroatoms. The Kier molecular flexibility index (Phi) is 7.51. The quantitative estimate of drug-likeness (QED) is 0.256. The SMILES string of the molecule is C#Cc1ccc2c(c1)nc(CN1CCC(c3cccc(OCc4ccc(Cl)cc4F)n3)CC1)n2CC1CCO1. The van der Waals surface area contributed by atoms with Gasteiger partial charge in [-0.15, -0.1) is 6.42 Å². The Balaban J connectivity index is 1.10. The molecule has 6 nitrogen and oxygen atoms in total. The lowest BCUT2D eigenvalue weighted by atomic mass is 9.93.